The molecule has 0 saturated carbocycles. The number of ether oxygens (including phenoxy) is 2. The van der Waals surface area contributed by atoms with Gasteiger partial charge in [0.05, 0.1) is 11.1 Å². The Morgan fingerprint density at radius 1 is 1.03 bits per heavy atom. The van der Waals surface area contributed by atoms with E-state index >= 15 is 0 Å². The molecule has 2 aliphatic rings. The maximum atomic E-state index is 13.1. The summed E-state index contributed by atoms with van der Waals surface area (Å²) in [6.07, 6.45) is 1.61. The summed E-state index contributed by atoms with van der Waals surface area (Å²) >= 11 is 0. The molecule has 1 saturated heterocycles. The van der Waals surface area contributed by atoms with Crippen molar-refractivity contribution in [3.8, 4) is 0 Å². The number of benzene rings is 1. The van der Waals surface area contributed by atoms with E-state index in [-0.39, 0.29) is 54.6 Å². The first kappa shape index (κ1) is 29.1. The average Bonchev–Trinajstić information content (AvgIpc) is 3.10. The van der Waals surface area contributed by atoms with E-state index < -0.39 is 11.7 Å². The van der Waals surface area contributed by atoms with Gasteiger partial charge in [0.2, 0.25) is 5.91 Å². The number of amides is 5. The first-order valence-corrected chi connectivity index (χ1v) is 13.0. The van der Waals surface area contributed by atoms with E-state index in [0.717, 1.165) is 12.8 Å². The van der Waals surface area contributed by atoms with Crippen LogP contribution in [0.4, 0.5) is 4.79 Å². The minimum absolute atomic E-state index is 0.153. The van der Waals surface area contributed by atoms with Crippen LogP contribution >= 0.6 is 0 Å². The first-order valence-electron chi connectivity index (χ1n) is 13.0. The monoisotopic (exact) mass is 530 g/mol. The number of methoxy groups -OCH3 is 1. The van der Waals surface area contributed by atoms with Crippen molar-refractivity contribution >= 4 is 29.7 Å². The number of piperidine rings is 1. The Morgan fingerprint density at radius 2 is 1.71 bits per heavy atom. The third-order valence-electron chi connectivity index (χ3n) is 6.46. The van der Waals surface area contributed by atoms with Crippen LogP contribution in [0, 0.1) is 5.92 Å². The van der Waals surface area contributed by atoms with Crippen LogP contribution in [0.15, 0.2) is 18.2 Å². The highest BCUT2D eigenvalue weighted by Crippen LogP contribution is 2.26. The quantitative estimate of drug-likeness (QED) is 0.350. The molecule has 1 fully saturated rings. The van der Waals surface area contributed by atoms with Crippen molar-refractivity contribution < 1.29 is 33.4 Å². The van der Waals surface area contributed by atoms with Crippen molar-refractivity contribution in [1.82, 2.24) is 20.4 Å². The third-order valence-corrected chi connectivity index (χ3v) is 6.46. The normalized spacial score (nSPS) is 15.9. The van der Waals surface area contributed by atoms with Gasteiger partial charge in [-0.2, -0.15) is 0 Å². The van der Waals surface area contributed by atoms with Crippen LogP contribution in [0.25, 0.3) is 0 Å². The SMILES string of the molecule is COCCCN1C(=O)c2ccc(C(=O)N3CCC(CNC(=O)CCNC(=O)OC(C)(C)C)CC3)cc2C1=O. The fourth-order valence-corrected chi connectivity index (χ4v) is 4.46. The van der Waals surface area contributed by atoms with Gasteiger partial charge in [-0.25, -0.2) is 4.79 Å². The predicted octanol–water partition coefficient (Wildman–Crippen LogP) is 2.20. The lowest BCUT2D eigenvalue weighted by Gasteiger charge is -2.32. The average molecular weight is 531 g/mol. The van der Waals surface area contributed by atoms with Crippen LogP contribution in [0.5, 0.6) is 0 Å². The molecular weight excluding hydrogens is 492 g/mol. The minimum atomic E-state index is -0.592. The summed E-state index contributed by atoms with van der Waals surface area (Å²) in [6.45, 7) is 7.79. The van der Waals surface area contributed by atoms with Crippen LogP contribution in [-0.2, 0) is 14.3 Å². The van der Waals surface area contributed by atoms with Gasteiger partial charge in [0.15, 0.2) is 0 Å². The largest absolute Gasteiger partial charge is 0.444 e. The second-order valence-corrected chi connectivity index (χ2v) is 10.6. The molecule has 2 aliphatic heterocycles. The van der Waals surface area contributed by atoms with E-state index in [0.29, 0.717) is 43.8 Å². The van der Waals surface area contributed by atoms with E-state index in [1.807, 2.05) is 0 Å². The van der Waals surface area contributed by atoms with Crippen molar-refractivity contribution in [2.45, 2.75) is 52.1 Å². The van der Waals surface area contributed by atoms with Gasteiger partial charge in [0.25, 0.3) is 17.7 Å². The molecule has 38 heavy (non-hydrogen) atoms. The highest BCUT2D eigenvalue weighted by Gasteiger charge is 2.36. The van der Waals surface area contributed by atoms with Crippen molar-refractivity contribution in [3.05, 3.63) is 34.9 Å². The lowest BCUT2D eigenvalue weighted by molar-refractivity contribution is -0.121. The van der Waals surface area contributed by atoms with Crippen LogP contribution in [0.3, 0.4) is 0 Å². The third kappa shape index (κ3) is 7.77. The molecule has 1 aromatic rings. The summed E-state index contributed by atoms with van der Waals surface area (Å²) in [5.41, 5.74) is 0.370. The number of likely N-dealkylation sites (tertiary alicyclic amines) is 1. The molecule has 2 N–H and O–H groups in total. The summed E-state index contributed by atoms with van der Waals surface area (Å²) < 4.78 is 10.1. The zero-order valence-corrected chi connectivity index (χ0v) is 22.6. The number of carbonyl (C=O) groups is 5. The Balaban J connectivity index is 1.42. The van der Waals surface area contributed by atoms with Gasteiger partial charge in [-0.1, -0.05) is 0 Å². The summed E-state index contributed by atoms with van der Waals surface area (Å²) in [6, 6.07) is 4.67. The Bertz CT molecular complexity index is 1060. The Morgan fingerprint density at radius 3 is 2.37 bits per heavy atom. The first-order chi connectivity index (χ1) is 18.0. The number of nitrogens with one attached hydrogen (secondary N) is 2. The molecule has 0 bridgehead atoms. The van der Waals surface area contributed by atoms with Crippen molar-refractivity contribution in [3.63, 3.8) is 0 Å². The maximum Gasteiger partial charge on any atom is 0.407 e. The van der Waals surface area contributed by atoms with Gasteiger partial charge in [-0.05, 0) is 64.2 Å². The summed E-state index contributed by atoms with van der Waals surface area (Å²) in [5, 5.41) is 5.46. The highest BCUT2D eigenvalue weighted by molar-refractivity contribution is 6.22. The smallest absolute Gasteiger partial charge is 0.407 e. The van der Waals surface area contributed by atoms with E-state index in [2.05, 4.69) is 10.6 Å². The zero-order valence-electron chi connectivity index (χ0n) is 22.6. The number of alkyl carbamates (subject to hydrolysis) is 1. The van der Waals surface area contributed by atoms with E-state index in [9.17, 15) is 24.0 Å². The lowest BCUT2D eigenvalue weighted by atomic mass is 9.96. The molecule has 0 atom stereocenters. The molecule has 0 radical (unpaired) electrons. The Hall–Kier alpha value is -3.47. The van der Waals surface area contributed by atoms with Gasteiger partial charge in [-0.15, -0.1) is 0 Å². The number of fused-ring (bicyclic) bond motifs is 1. The van der Waals surface area contributed by atoms with Gasteiger partial charge >= 0.3 is 6.09 Å². The van der Waals surface area contributed by atoms with Gasteiger partial charge in [0, 0.05) is 58.4 Å². The van der Waals surface area contributed by atoms with Gasteiger partial charge < -0.3 is 25.0 Å². The summed E-state index contributed by atoms with van der Waals surface area (Å²) in [5.74, 6) is -0.827. The van der Waals surface area contributed by atoms with E-state index in [1.165, 1.54) is 11.0 Å². The number of hydrogen-bond donors (Lipinski definition) is 2. The van der Waals surface area contributed by atoms with Crippen LogP contribution in [0.1, 0.15) is 77.5 Å². The summed E-state index contributed by atoms with van der Waals surface area (Å²) in [7, 11) is 1.56. The number of carbonyl (C=O) groups excluding carboxylic acids is 5. The van der Waals surface area contributed by atoms with Crippen molar-refractivity contribution in [2.75, 3.05) is 46.4 Å². The molecule has 1 aromatic carbocycles. The zero-order chi connectivity index (χ0) is 27.9. The molecular formula is C27H38N4O7. The summed E-state index contributed by atoms with van der Waals surface area (Å²) in [4.78, 5) is 65.1. The predicted molar refractivity (Wildman–Crippen MR) is 139 cm³/mol. The lowest BCUT2D eigenvalue weighted by Crippen LogP contribution is -2.42. The molecule has 208 valence electrons. The van der Waals surface area contributed by atoms with Gasteiger partial charge in [0.1, 0.15) is 5.60 Å². The minimum Gasteiger partial charge on any atom is -0.444 e. The fraction of sp³-hybridized carbons (Fsp3) is 0.593. The topological polar surface area (TPSA) is 134 Å². The molecule has 0 aliphatic carbocycles. The second-order valence-electron chi connectivity index (χ2n) is 10.6. The number of hydrogen-bond acceptors (Lipinski definition) is 7. The van der Waals surface area contributed by atoms with Crippen molar-refractivity contribution in [2.24, 2.45) is 5.92 Å². The van der Waals surface area contributed by atoms with E-state index in [4.69, 9.17) is 9.47 Å². The molecule has 11 heteroatoms. The molecule has 3 rings (SSSR count). The number of imide groups is 1. The second kappa shape index (κ2) is 12.9. The molecule has 0 unspecified atom stereocenters. The maximum absolute atomic E-state index is 13.1. The molecule has 11 nitrogen and oxygen atoms in total. The van der Waals surface area contributed by atoms with Crippen LogP contribution < -0.4 is 10.6 Å². The van der Waals surface area contributed by atoms with Gasteiger partial charge in [-0.3, -0.25) is 24.1 Å². The molecule has 5 amide bonds. The highest BCUT2D eigenvalue weighted by atomic mass is 16.6. The molecule has 2 heterocycles. The Kier molecular flexibility index (Phi) is 9.84. The fourth-order valence-electron chi connectivity index (χ4n) is 4.46. The molecule has 0 spiro atoms. The van der Waals surface area contributed by atoms with Crippen molar-refractivity contribution in [1.29, 1.82) is 0 Å². The number of rotatable bonds is 10. The molecule has 0 aromatic heterocycles. The van der Waals surface area contributed by atoms with Crippen LogP contribution in [-0.4, -0.2) is 91.6 Å². The van der Waals surface area contributed by atoms with E-state index in [1.54, 1.807) is 44.9 Å². The number of nitrogens with zero attached hydrogens (tertiary/aromatic N) is 2. The standard InChI is InChI=1S/C27H38N4O7/c1-27(2,3)38-26(36)28-11-8-22(32)29-17-18-9-13-30(14-10-18)23(33)19-6-7-20-21(16-19)25(35)31(24(20)34)12-5-15-37-4/h6-7,16,18H,5,8-15,17H2,1-4H3,(H,28,36)(H,29,32). The van der Waals surface area contributed by atoms with Crippen LogP contribution in [0.2, 0.25) is 0 Å². The Labute approximate surface area is 223 Å².